The van der Waals surface area contributed by atoms with Gasteiger partial charge in [0.2, 0.25) is 0 Å². The largest absolute Gasteiger partial charge is 0.348 e. The average Bonchev–Trinajstić information content (AvgIpc) is 2.76. The van der Waals surface area contributed by atoms with Crippen LogP contribution >= 0.6 is 0 Å². The number of aromatic nitrogens is 2. The van der Waals surface area contributed by atoms with E-state index < -0.39 is 0 Å². The lowest BCUT2D eigenvalue weighted by Gasteiger charge is -2.13. The Morgan fingerprint density at radius 1 is 1.28 bits per heavy atom. The van der Waals surface area contributed by atoms with Crippen LogP contribution in [-0.4, -0.2) is 9.55 Å². The van der Waals surface area contributed by atoms with Crippen LogP contribution in [0.2, 0.25) is 0 Å². The Labute approximate surface area is 109 Å². The maximum atomic E-state index is 6.14. The van der Waals surface area contributed by atoms with Crippen LogP contribution in [0.25, 0.3) is 0 Å². The number of aryl methyl sites for hydroxylation is 1. The van der Waals surface area contributed by atoms with Crippen LogP contribution in [0.15, 0.2) is 36.7 Å². The smallest absolute Gasteiger partial charge is 0.0642 e. The first-order valence-electron chi connectivity index (χ1n) is 6.40. The normalized spacial score (nSPS) is 12.9. The number of rotatable bonds is 4. The molecule has 2 aromatic heterocycles. The zero-order chi connectivity index (χ0) is 13.1. The average molecular weight is 243 g/mol. The molecule has 3 nitrogen and oxygen atoms in total. The molecule has 0 amide bonds. The number of nitrogens with zero attached hydrogens (tertiary/aromatic N) is 2. The Morgan fingerprint density at radius 2 is 2.06 bits per heavy atom. The third kappa shape index (κ3) is 2.99. The highest BCUT2D eigenvalue weighted by atomic mass is 15.0. The predicted molar refractivity (Wildman–Crippen MR) is 74.3 cm³/mol. The third-order valence-electron chi connectivity index (χ3n) is 3.17. The van der Waals surface area contributed by atoms with Crippen molar-refractivity contribution in [3.05, 3.63) is 53.6 Å². The molecular formula is C15H21N3. The molecule has 3 heteroatoms. The van der Waals surface area contributed by atoms with Crippen molar-refractivity contribution in [3.8, 4) is 0 Å². The van der Waals surface area contributed by atoms with Gasteiger partial charge in [-0.25, -0.2) is 0 Å². The lowest BCUT2D eigenvalue weighted by atomic mass is 10.00. The van der Waals surface area contributed by atoms with Crippen LogP contribution in [0.1, 0.15) is 36.8 Å². The van der Waals surface area contributed by atoms with Gasteiger partial charge < -0.3 is 10.3 Å². The second-order valence-corrected chi connectivity index (χ2v) is 5.16. The van der Waals surface area contributed by atoms with E-state index in [9.17, 15) is 0 Å². The topological polar surface area (TPSA) is 43.8 Å². The van der Waals surface area contributed by atoms with E-state index >= 15 is 0 Å². The van der Waals surface area contributed by atoms with Crippen molar-refractivity contribution in [1.29, 1.82) is 0 Å². The molecule has 0 bridgehead atoms. The fraction of sp³-hybridized carbons (Fsp3) is 0.400. The highest BCUT2D eigenvalue weighted by Gasteiger charge is 2.11. The molecule has 0 aliphatic carbocycles. The van der Waals surface area contributed by atoms with Crippen molar-refractivity contribution >= 4 is 0 Å². The number of nitrogens with two attached hydrogens (primary N) is 1. The maximum absolute atomic E-state index is 6.14. The summed E-state index contributed by atoms with van der Waals surface area (Å²) in [5.41, 5.74) is 9.47. The number of pyridine rings is 1. The molecular weight excluding hydrogens is 222 g/mol. The van der Waals surface area contributed by atoms with Crippen LogP contribution in [0, 0.1) is 12.8 Å². The summed E-state index contributed by atoms with van der Waals surface area (Å²) >= 11 is 0. The summed E-state index contributed by atoms with van der Waals surface area (Å²) in [6, 6.07) is 8.31. The Hall–Kier alpha value is -1.61. The van der Waals surface area contributed by atoms with Gasteiger partial charge in [-0.3, -0.25) is 4.98 Å². The van der Waals surface area contributed by atoms with E-state index in [-0.39, 0.29) is 6.04 Å². The van der Waals surface area contributed by atoms with Gasteiger partial charge in [0.1, 0.15) is 0 Å². The molecule has 1 unspecified atom stereocenters. The molecule has 96 valence electrons. The summed E-state index contributed by atoms with van der Waals surface area (Å²) in [6.45, 7) is 7.10. The molecule has 18 heavy (non-hydrogen) atoms. The van der Waals surface area contributed by atoms with E-state index in [1.165, 1.54) is 5.56 Å². The van der Waals surface area contributed by atoms with E-state index in [1.807, 2.05) is 19.1 Å². The van der Waals surface area contributed by atoms with Gasteiger partial charge in [-0.05, 0) is 36.6 Å². The SMILES string of the molecule is Cc1cccc(Cn2ccc(C(N)C(C)C)c2)n1. The molecule has 1 atom stereocenters. The number of hydrogen-bond acceptors (Lipinski definition) is 2. The van der Waals surface area contributed by atoms with Gasteiger partial charge in [-0.2, -0.15) is 0 Å². The standard InChI is InChI=1S/C15H21N3/c1-11(2)15(16)13-7-8-18(9-13)10-14-6-4-5-12(3)17-14/h4-9,11,15H,10,16H2,1-3H3. The van der Waals surface area contributed by atoms with Crippen molar-refractivity contribution in [3.63, 3.8) is 0 Å². The van der Waals surface area contributed by atoms with E-state index in [1.54, 1.807) is 0 Å². The fourth-order valence-electron chi connectivity index (χ4n) is 2.01. The zero-order valence-electron chi connectivity index (χ0n) is 11.3. The van der Waals surface area contributed by atoms with Gasteiger partial charge >= 0.3 is 0 Å². The minimum Gasteiger partial charge on any atom is -0.348 e. The molecule has 0 aliphatic heterocycles. The lowest BCUT2D eigenvalue weighted by molar-refractivity contribution is 0.513. The maximum Gasteiger partial charge on any atom is 0.0642 e. The lowest BCUT2D eigenvalue weighted by Crippen LogP contribution is -2.16. The summed E-state index contributed by atoms with van der Waals surface area (Å²) in [4.78, 5) is 4.51. The first-order valence-corrected chi connectivity index (χ1v) is 6.40. The number of hydrogen-bond donors (Lipinski definition) is 1. The highest BCUT2D eigenvalue weighted by Crippen LogP contribution is 2.19. The van der Waals surface area contributed by atoms with Crippen molar-refractivity contribution in [2.45, 2.75) is 33.4 Å². The minimum atomic E-state index is 0.108. The van der Waals surface area contributed by atoms with Crippen molar-refractivity contribution in [1.82, 2.24) is 9.55 Å². The molecule has 2 aromatic rings. The van der Waals surface area contributed by atoms with Gasteiger partial charge in [0, 0.05) is 24.1 Å². The summed E-state index contributed by atoms with van der Waals surface area (Å²) < 4.78 is 2.14. The fourth-order valence-corrected chi connectivity index (χ4v) is 2.01. The van der Waals surface area contributed by atoms with E-state index in [0.29, 0.717) is 5.92 Å². The Morgan fingerprint density at radius 3 is 2.72 bits per heavy atom. The third-order valence-corrected chi connectivity index (χ3v) is 3.17. The van der Waals surface area contributed by atoms with Crippen LogP contribution in [0.3, 0.4) is 0 Å². The predicted octanol–water partition coefficient (Wildman–Crippen LogP) is 2.90. The molecule has 0 fully saturated rings. The van der Waals surface area contributed by atoms with Gasteiger partial charge in [-0.15, -0.1) is 0 Å². The second-order valence-electron chi connectivity index (χ2n) is 5.16. The molecule has 0 radical (unpaired) electrons. The van der Waals surface area contributed by atoms with Crippen LogP contribution in [-0.2, 0) is 6.54 Å². The molecule has 0 spiro atoms. The first kappa shape index (κ1) is 12.8. The second kappa shape index (κ2) is 5.36. The van der Waals surface area contributed by atoms with E-state index in [4.69, 9.17) is 5.73 Å². The van der Waals surface area contributed by atoms with E-state index in [0.717, 1.165) is 17.9 Å². The molecule has 0 aliphatic rings. The van der Waals surface area contributed by atoms with Crippen LogP contribution < -0.4 is 5.73 Å². The molecule has 0 saturated carbocycles. The molecule has 2 heterocycles. The Balaban J connectivity index is 2.11. The first-order chi connectivity index (χ1) is 8.56. The van der Waals surface area contributed by atoms with Gasteiger partial charge in [0.25, 0.3) is 0 Å². The summed E-state index contributed by atoms with van der Waals surface area (Å²) in [7, 11) is 0. The minimum absolute atomic E-state index is 0.108. The van der Waals surface area contributed by atoms with E-state index in [2.05, 4.69) is 47.9 Å². The van der Waals surface area contributed by atoms with Gasteiger partial charge in [0.05, 0.1) is 12.2 Å². The van der Waals surface area contributed by atoms with Crippen LogP contribution in [0.4, 0.5) is 0 Å². The van der Waals surface area contributed by atoms with Crippen LogP contribution in [0.5, 0.6) is 0 Å². The molecule has 0 saturated heterocycles. The van der Waals surface area contributed by atoms with Crippen molar-refractivity contribution in [2.75, 3.05) is 0 Å². The molecule has 2 N–H and O–H groups in total. The summed E-state index contributed by atoms with van der Waals surface area (Å²) in [6.07, 6.45) is 4.19. The zero-order valence-corrected chi connectivity index (χ0v) is 11.3. The van der Waals surface area contributed by atoms with Gasteiger partial charge in [0.15, 0.2) is 0 Å². The highest BCUT2D eigenvalue weighted by molar-refractivity contribution is 5.17. The Kier molecular flexibility index (Phi) is 3.82. The Bertz CT molecular complexity index is 514. The molecule has 2 rings (SSSR count). The quantitative estimate of drug-likeness (QED) is 0.897. The monoisotopic (exact) mass is 243 g/mol. The van der Waals surface area contributed by atoms with Crippen molar-refractivity contribution < 1.29 is 0 Å². The van der Waals surface area contributed by atoms with Gasteiger partial charge in [-0.1, -0.05) is 19.9 Å². The molecule has 0 aromatic carbocycles. The summed E-state index contributed by atoms with van der Waals surface area (Å²) in [5, 5.41) is 0. The van der Waals surface area contributed by atoms with Crippen molar-refractivity contribution in [2.24, 2.45) is 11.7 Å². The summed E-state index contributed by atoms with van der Waals surface area (Å²) in [5.74, 6) is 0.456.